The molecule has 126 valence electrons. The largest absolute Gasteiger partial charge is 0.450 e. The second kappa shape index (κ2) is 8.02. The van der Waals surface area contributed by atoms with Gasteiger partial charge in [-0.05, 0) is 52.1 Å². The van der Waals surface area contributed by atoms with Gasteiger partial charge in [0.25, 0.3) is 5.04 Å². The zero-order valence-electron chi connectivity index (χ0n) is 13.7. The lowest BCUT2D eigenvalue weighted by atomic mass is 9.95. The predicted molar refractivity (Wildman–Crippen MR) is 92.7 cm³/mol. The number of ether oxygens (including phenoxy) is 1. The molecule has 1 unspecified atom stereocenters. The molecular formula is C16H25N4O2S+. The van der Waals surface area contributed by atoms with Crippen molar-refractivity contribution in [2.45, 2.75) is 45.1 Å². The molecule has 0 aromatic heterocycles. The van der Waals surface area contributed by atoms with Crippen LogP contribution in [-0.2, 0) is 4.74 Å². The fraction of sp³-hybridized carbons (Fsp3) is 0.812. The smallest absolute Gasteiger partial charge is 0.439 e. The second-order valence-electron chi connectivity index (χ2n) is 6.31. The average Bonchev–Trinajstić information content (AvgIpc) is 3.00. The van der Waals surface area contributed by atoms with Gasteiger partial charge < -0.3 is 14.5 Å². The molecule has 6 nitrogen and oxygen atoms in total. The minimum absolute atomic E-state index is 0.153. The highest BCUT2D eigenvalue weighted by Crippen LogP contribution is 2.27. The molecule has 1 amide bonds. The number of piperidine rings is 1. The van der Waals surface area contributed by atoms with Crippen LogP contribution in [0.3, 0.4) is 0 Å². The van der Waals surface area contributed by atoms with Crippen LogP contribution in [0.1, 0.15) is 39.0 Å². The number of rotatable bonds is 3. The van der Waals surface area contributed by atoms with Gasteiger partial charge in [-0.25, -0.2) is 4.79 Å². The summed E-state index contributed by atoms with van der Waals surface area (Å²) in [6.45, 7) is 6.19. The lowest BCUT2D eigenvalue weighted by Crippen LogP contribution is -2.43. The van der Waals surface area contributed by atoms with E-state index >= 15 is 0 Å². The van der Waals surface area contributed by atoms with E-state index in [4.69, 9.17) is 4.74 Å². The maximum Gasteiger partial charge on any atom is 0.439 e. The molecule has 2 fully saturated rings. The summed E-state index contributed by atoms with van der Waals surface area (Å²) < 4.78 is 13.4. The Morgan fingerprint density at radius 1 is 1.30 bits per heavy atom. The molecule has 3 heterocycles. The predicted octanol–water partition coefficient (Wildman–Crippen LogP) is 2.01. The van der Waals surface area contributed by atoms with Crippen LogP contribution in [0.15, 0.2) is 4.40 Å². The van der Waals surface area contributed by atoms with Crippen LogP contribution in [0, 0.1) is 5.92 Å². The van der Waals surface area contributed by atoms with E-state index in [1.54, 1.807) is 0 Å². The first-order valence-corrected chi connectivity index (χ1v) is 9.40. The molecule has 0 saturated carbocycles. The minimum Gasteiger partial charge on any atom is -0.450 e. The fourth-order valence-electron chi connectivity index (χ4n) is 3.68. The minimum atomic E-state index is -0.153. The summed E-state index contributed by atoms with van der Waals surface area (Å²) in [4.78, 5) is 16.4. The van der Waals surface area contributed by atoms with E-state index in [9.17, 15) is 4.79 Å². The van der Waals surface area contributed by atoms with E-state index < -0.39 is 0 Å². The number of hydrogen-bond donors (Lipinski definition) is 0. The first-order chi connectivity index (χ1) is 11.3. The summed E-state index contributed by atoms with van der Waals surface area (Å²) >= 11 is 1.48. The van der Waals surface area contributed by atoms with Crippen molar-refractivity contribution in [3.8, 4) is 0 Å². The third-order valence-corrected chi connectivity index (χ3v) is 5.74. The van der Waals surface area contributed by atoms with Crippen molar-refractivity contribution < 1.29 is 9.53 Å². The second-order valence-corrected chi connectivity index (χ2v) is 7.10. The van der Waals surface area contributed by atoms with Crippen LogP contribution in [0.25, 0.3) is 0 Å². The Balaban J connectivity index is 1.48. The zero-order chi connectivity index (χ0) is 16.1. The lowest BCUT2D eigenvalue weighted by molar-refractivity contribution is 0.105. The van der Waals surface area contributed by atoms with E-state index in [0.29, 0.717) is 18.6 Å². The third-order valence-electron chi connectivity index (χ3n) is 4.96. The maximum atomic E-state index is 11.9. The van der Waals surface area contributed by atoms with Crippen molar-refractivity contribution >= 4 is 29.1 Å². The first kappa shape index (κ1) is 16.6. The Bertz CT molecular complexity index is 532. The highest BCUT2D eigenvalue weighted by molar-refractivity contribution is 8.13. The molecule has 1 atom stereocenters. The van der Waals surface area contributed by atoms with E-state index in [0.717, 1.165) is 56.9 Å². The first-order valence-electron chi connectivity index (χ1n) is 8.63. The number of amides is 1. The SMILES string of the molecule is CCOC(=O)N1CCCC(N2CCC(C3=[N+]=C=NS3)CC2)CC1. The summed E-state index contributed by atoms with van der Waals surface area (Å²) in [6, 6.07) is 3.29. The average molecular weight is 337 g/mol. The van der Waals surface area contributed by atoms with E-state index in [-0.39, 0.29) is 6.09 Å². The highest BCUT2D eigenvalue weighted by atomic mass is 32.2. The number of carbonyl (C=O) groups excluding carboxylic acids is 1. The quantitative estimate of drug-likeness (QED) is 0.584. The van der Waals surface area contributed by atoms with E-state index in [1.807, 2.05) is 11.8 Å². The topological polar surface area (TPSA) is 59.2 Å². The van der Waals surface area contributed by atoms with Gasteiger partial charge in [-0.15, -0.1) is 4.67 Å². The van der Waals surface area contributed by atoms with Crippen molar-refractivity contribution in [1.82, 2.24) is 14.5 Å². The van der Waals surface area contributed by atoms with E-state index in [1.165, 1.54) is 18.4 Å². The Morgan fingerprint density at radius 3 is 2.83 bits per heavy atom. The molecule has 0 N–H and O–H groups in total. The van der Waals surface area contributed by atoms with Crippen LogP contribution < -0.4 is 4.67 Å². The molecule has 0 aliphatic carbocycles. The molecule has 3 aliphatic heterocycles. The standard InChI is InChI=1S/C16H25N4O2S/c1-2-22-16(21)20-8-3-4-14(7-11-20)19-9-5-13(6-10-19)15-17-12-18-23-15/h13-14H,2-11H2,1H3/q+1. The molecule has 3 rings (SSSR count). The molecule has 23 heavy (non-hydrogen) atoms. The molecule has 0 radical (unpaired) electrons. The van der Waals surface area contributed by atoms with Gasteiger partial charge in [0, 0.05) is 19.1 Å². The number of carbonyl (C=O) groups is 1. The van der Waals surface area contributed by atoms with Crippen LogP contribution >= 0.6 is 11.9 Å². The van der Waals surface area contributed by atoms with Gasteiger partial charge in [0.15, 0.2) is 0 Å². The molecule has 0 aromatic carbocycles. The van der Waals surface area contributed by atoms with Gasteiger partial charge in [0.1, 0.15) is 0 Å². The Kier molecular flexibility index (Phi) is 5.79. The third kappa shape index (κ3) is 4.18. The summed E-state index contributed by atoms with van der Waals surface area (Å²) in [6.07, 6.45) is 5.44. The molecule has 0 aromatic rings. The summed E-state index contributed by atoms with van der Waals surface area (Å²) in [7, 11) is 0. The van der Waals surface area contributed by atoms with Gasteiger partial charge in [-0.2, -0.15) is 0 Å². The van der Waals surface area contributed by atoms with Crippen molar-refractivity contribution in [1.29, 1.82) is 0 Å². The van der Waals surface area contributed by atoms with Gasteiger partial charge in [-0.3, -0.25) is 0 Å². The highest BCUT2D eigenvalue weighted by Gasteiger charge is 2.33. The summed E-state index contributed by atoms with van der Waals surface area (Å²) in [5, 5.41) is 1.14. The van der Waals surface area contributed by atoms with Crippen molar-refractivity contribution in [3.05, 3.63) is 0 Å². The van der Waals surface area contributed by atoms with Crippen LogP contribution in [0.5, 0.6) is 0 Å². The van der Waals surface area contributed by atoms with Crippen molar-refractivity contribution in [2.75, 3.05) is 32.8 Å². The Labute approximate surface area is 141 Å². The molecule has 7 heteroatoms. The summed E-state index contributed by atoms with van der Waals surface area (Å²) in [5.74, 6) is 0.553. The molecule has 0 spiro atoms. The van der Waals surface area contributed by atoms with Gasteiger partial charge in [-0.1, -0.05) is 0 Å². The monoisotopic (exact) mass is 337 g/mol. The summed E-state index contributed by atoms with van der Waals surface area (Å²) in [5.41, 5.74) is 0. The van der Waals surface area contributed by atoms with Crippen molar-refractivity contribution in [2.24, 2.45) is 10.3 Å². The zero-order valence-corrected chi connectivity index (χ0v) is 14.6. The van der Waals surface area contributed by atoms with Crippen molar-refractivity contribution in [3.63, 3.8) is 0 Å². The number of nitrogens with zero attached hydrogens (tertiary/aromatic N) is 4. The molecular weight excluding hydrogens is 312 g/mol. The van der Waals surface area contributed by atoms with Gasteiger partial charge in [0.2, 0.25) is 11.9 Å². The van der Waals surface area contributed by atoms with Crippen LogP contribution in [0.2, 0.25) is 0 Å². The number of hydrogen-bond acceptors (Lipinski definition) is 5. The van der Waals surface area contributed by atoms with Gasteiger partial charge in [0.05, 0.1) is 16.9 Å². The van der Waals surface area contributed by atoms with Crippen LogP contribution in [-0.4, -0.2) is 65.8 Å². The normalized spacial score (nSPS) is 26.2. The number of likely N-dealkylation sites (tertiary alicyclic amines) is 2. The van der Waals surface area contributed by atoms with Gasteiger partial charge >= 0.3 is 12.1 Å². The van der Waals surface area contributed by atoms with E-state index in [2.05, 4.69) is 20.0 Å². The van der Waals surface area contributed by atoms with Crippen LogP contribution in [0.4, 0.5) is 4.79 Å². The fourth-order valence-corrected chi connectivity index (χ4v) is 4.32. The lowest BCUT2D eigenvalue weighted by Gasteiger charge is -2.36. The molecule has 0 bridgehead atoms. The Hall–Kier alpha value is -1.26. The maximum absolute atomic E-state index is 11.9. The molecule has 3 aliphatic rings. The Morgan fingerprint density at radius 2 is 2.13 bits per heavy atom. The molecule has 2 saturated heterocycles.